The molecule has 1 aliphatic heterocycles. The van der Waals surface area contributed by atoms with Crippen LogP contribution in [0.5, 0.6) is 0 Å². The molecule has 2 N–H and O–H groups in total. The van der Waals surface area contributed by atoms with Gasteiger partial charge in [-0.15, -0.1) is 0 Å². The van der Waals surface area contributed by atoms with Crippen LogP contribution in [0.25, 0.3) is 0 Å². The van der Waals surface area contributed by atoms with Crippen LogP contribution in [0.3, 0.4) is 0 Å². The van der Waals surface area contributed by atoms with Crippen molar-refractivity contribution in [1.29, 1.82) is 0 Å². The summed E-state index contributed by atoms with van der Waals surface area (Å²) in [6, 6.07) is 13.5. The van der Waals surface area contributed by atoms with Gasteiger partial charge in [0.2, 0.25) is 5.91 Å². The van der Waals surface area contributed by atoms with E-state index in [-0.39, 0.29) is 11.8 Å². The van der Waals surface area contributed by atoms with Crippen molar-refractivity contribution in [2.45, 2.75) is 19.3 Å². The van der Waals surface area contributed by atoms with Crippen molar-refractivity contribution in [1.82, 2.24) is 0 Å². The summed E-state index contributed by atoms with van der Waals surface area (Å²) in [7, 11) is 0. The van der Waals surface area contributed by atoms with E-state index in [1.54, 1.807) is 0 Å². The van der Waals surface area contributed by atoms with Gasteiger partial charge in [0.1, 0.15) is 0 Å². The number of rotatable bonds is 2. The van der Waals surface area contributed by atoms with E-state index in [0.29, 0.717) is 5.02 Å². The lowest BCUT2D eigenvalue weighted by atomic mass is 9.90. The van der Waals surface area contributed by atoms with Gasteiger partial charge < -0.3 is 10.6 Å². The summed E-state index contributed by atoms with van der Waals surface area (Å²) in [4.78, 5) is 12.6. The zero-order valence-electron chi connectivity index (χ0n) is 11.8. The first-order chi connectivity index (χ1) is 10.2. The molecule has 1 atom stereocenters. The summed E-state index contributed by atoms with van der Waals surface area (Å²) in [5, 5.41) is 7.01. The Hall–Kier alpha value is -2.00. The molecule has 3 nitrogen and oxygen atoms in total. The van der Waals surface area contributed by atoms with Crippen LogP contribution in [0, 0.1) is 6.92 Å². The molecule has 21 heavy (non-hydrogen) atoms. The number of para-hydroxylation sites is 1. The Balaban J connectivity index is 1.85. The summed E-state index contributed by atoms with van der Waals surface area (Å²) in [6.07, 6.45) is 0.794. The highest BCUT2D eigenvalue weighted by molar-refractivity contribution is 6.31. The number of amides is 1. The first-order valence-corrected chi connectivity index (χ1v) is 7.43. The van der Waals surface area contributed by atoms with Gasteiger partial charge in [0, 0.05) is 22.9 Å². The molecule has 0 spiro atoms. The smallest absolute Gasteiger partial charge is 0.232 e. The van der Waals surface area contributed by atoms with Crippen LogP contribution in [0.2, 0.25) is 5.02 Å². The maximum Gasteiger partial charge on any atom is 0.232 e. The fourth-order valence-electron chi connectivity index (χ4n) is 2.70. The molecule has 1 heterocycles. The molecule has 2 aromatic carbocycles. The summed E-state index contributed by atoms with van der Waals surface area (Å²) in [5.74, 6) is -0.102. The van der Waals surface area contributed by atoms with Crippen molar-refractivity contribution in [3.05, 3.63) is 58.6 Å². The van der Waals surface area contributed by atoms with Gasteiger partial charge in [-0.1, -0.05) is 35.9 Å². The summed E-state index contributed by atoms with van der Waals surface area (Å²) in [6.45, 7) is 2.72. The first-order valence-electron chi connectivity index (χ1n) is 7.05. The molecule has 1 unspecified atom stereocenters. The Labute approximate surface area is 129 Å². The largest absolute Gasteiger partial charge is 0.385 e. The highest BCUT2D eigenvalue weighted by Gasteiger charge is 2.26. The highest BCUT2D eigenvalue weighted by Crippen LogP contribution is 2.33. The van der Waals surface area contributed by atoms with Crippen molar-refractivity contribution in [2.75, 3.05) is 17.2 Å². The van der Waals surface area contributed by atoms with E-state index >= 15 is 0 Å². The Bertz CT molecular complexity index is 684. The van der Waals surface area contributed by atoms with Crippen LogP contribution in [0.1, 0.15) is 23.5 Å². The highest BCUT2D eigenvalue weighted by atomic mass is 35.5. The molecule has 3 rings (SSSR count). The quantitative estimate of drug-likeness (QED) is 0.873. The molecule has 108 valence electrons. The normalized spacial score (nSPS) is 16.8. The second-order valence-electron chi connectivity index (χ2n) is 5.26. The van der Waals surface area contributed by atoms with Gasteiger partial charge in [-0.3, -0.25) is 4.79 Å². The average molecular weight is 301 g/mol. The molecule has 0 aliphatic carbocycles. The molecule has 0 saturated heterocycles. The first kappa shape index (κ1) is 14.0. The van der Waals surface area contributed by atoms with Gasteiger partial charge >= 0.3 is 0 Å². The van der Waals surface area contributed by atoms with Crippen LogP contribution in [-0.4, -0.2) is 12.5 Å². The van der Waals surface area contributed by atoms with Crippen molar-refractivity contribution >= 4 is 28.9 Å². The van der Waals surface area contributed by atoms with Crippen LogP contribution in [0.4, 0.5) is 11.4 Å². The lowest BCUT2D eigenvalue weighted by molar-refractivity contribution is -0.117. The van der Waals surface area contributed by atoms with Gasteiger partial charge in [0.25, 0.3) is 0 Å². The Morgan fingerprint density at radius 2 is 2.05 bits per heavy atom. The van der Waals surface area contributed by atoms with Crippen LogP contribution in [-0.2, 0) is 4.79 Å². The summed E-state index contributed by atoms with van der Waals surface area (Å²) < 4.78 is 0. The van der Waals surface area contributed by atoms with Crippen molar-refractivity contribution in [3.8, 4) is 0 Å². The predicted molar refractivity (Wildman–Crippen MR) is 87.1 cm³/mol. The number of hydrogen-bond acceptors (Lipinski definition) is 2. The van der Waals surface area contributed by atoms with E-state index in [1.165, 1.54) is 0 Å². The zero-order chi connectivity index (χ0) is 14.8. The number of halogens is 1. The van der Waals surface area contributed by atoms with Gasteiger partial charge in [0.15, 0.2) is 0 Å². The van der Waals surface area contributed by atoms with Crippen LogP contribution >= 0.6 is 11.6 Å². The third-order valence-electron chi connectivity index (χ3n) is 3.93. The molecule has 4 heteroatoms. The summed E-state index contributed by atoms with van der Waals surface area (Å²) in [5.41, 5.74) is 3.78. The molecule has 0 saturated carbocycles. The Morgan fingerprint density at radius 1 is 1.24 bits per heavy atom. The number of nitrogens with one attached hydrogen (secondary N) is 2. The van der Waals surface area contributed by atoms with Crippen molar-refractivity contribution < 1.29 is 4.79 Å². The van der Waals surface area contributed by atoms with Crippen LogP contribution < -0.4 is 10.6 Å². The molecule has 0 radical (unpaired) electrons. The molecule has 0 fully saturated rings. The van der Waals surface area contributed by atoms with Crippen molar-refractivity contribution in [3.63, 3.8) is 0 Å². The minimum Gasteiger partial charge on any atom is -0.385 e. The SMILES string of the molecule is Cc1c(Cl)cccc1NC(=O)C1CCNc2ccccc21. The topological polar surface area (TPSA) is 41.1 Å². The third-order valence-corrected chi connectivity index (χ3v) is 4.34. The minimum atomic E-state index is -0.124. The fourth-order valence-corrected chi connectivity index (χ4v) is 2.88. The molecular weight excluding hydrogens is 284 g/mol. The van der Waals surface area contributed by atoms with E-state index in [9.17, 15) is 4.79 Å². The Morgan fingerprint density at radius 3 is 2.90 bits per heavy atom. The van der Waals surface area contributed by atoms with E-state index in [0.717, 1.165) is 35.5 Å². The van der Waals surface area contributed by atoms with Gasteiger partial charge in [-0.2, -0.15) is 0 Å². The van der Waals surface area contributed by atoms with Gasteiger partial charge in [-0.25, -0.2) is 0 Å². The van der Waals surface area contributed by atoms with Crippen molar-refractivity contribution in [2.24, 2.45) is 0 Å². The number of carbonyl (C=O) groups is 1. The number of anilines is 2. The van der Waals surface area contributed by atoms with Gasteiger partial charge in [-0.05, 0) is 42.7 Å². The predicted octanol–water partition coefficient (Wildman–Crippen LogP) is 4.19. The van der Waals surface area contributed by atoms with E-state index < -0.39 is 0 Å². The lowest BCUT2D eigenvalue weighted by Gasteiger charge is -2.26. The van der Waals surface area contributed by atoms with E-state index in [4.69, 9.17) is 11.6 Å². The molecule has 0 aromatic heterocycles. The number of carbonyl (C=O) groups excluding carboxylic acids is 1. The standard InChI is InChI=1S/C17H17ClN2O/c1-11-14(18)6-4-8-15(11)20-17(21)13-9-10-19-16-7-3-2-5-12(13)16/h2-8,13,19H,9-10H2,1H3,(H,20,21). The van der Waals surface area contributed by atoms with E-state index in [2.05, 4.69) is 10.6 Å². The zero-order valence-corrected chi connectivity index (χ0v) is 12.6. The van der Waals surface area contributed by atoms with Gasteiger partial charge in [0.05, 0.1) is 5.92 Å². The second-order valence-corrected chi connectivity index (χ2v) is 5.66. The molecule has 0 bridgehead atoms. The molecule has 1 aliphatic rings. The maximum absolute atomic E-state index is 12.6. The number of fused-ring (bicyclic) bond motifs is 1. The maximum atomic E-state index is 12.6. The minimum absolute atomic E-state index is 0.0225. The fraction of sp³-hybridized carbons (Fsp3) is 0.235. The van der Waals surface area contributed by atoms with E-state index in [1.807, 2.05) is 49.4 Å². The lowest BCUT2D eigenvalue weighted by Crippen LogP contribution is -2.27. The average Bonchev–Trinajstić information content (AvgIpc) is 2.51. The number of hydrogen-bond donors (Lipinski definition) is 2. The molecule has 2 aromatic rings. The van der Waals surface area contributed by atoms with Crippen LogP contribution in [0.15, 0.2) is 42.5 Å². The molecular formula is C17H17ClN2O. The Kier molecular flexibility index (Phi) is 3.84. The monoisotopic (exact) mass is 300 g/mol. The molecule has 1 amide bonds. The second kappa shape index (κ2) is 5.78. The summed E-state index contributed by atoms with van der Waals surface area (Å²) >= 11 is 6.10. The number of benzene rings is 2. The third kappa shape index (κ3) is 2.74.